The van der Waals surface area contributed by atoms with Gasteiger partial charge in [-0.25, -0.2) is 0 Å². The average molecular weight is 146 g/mol. The Morgan fingerprint density at radius 3 is 2.10 bits per heavy atom. The maximum absolute atomic E-state index is 10.7. The monoisotopic (exact) mass is 146 g/mol. The summed E-state index contributed by atoms with van der Waals surface area (Å²) in [4.78, 5) is 10.7. The van der Waals surface area contributed by atoms with Crippen LogP contribution in [0.25, 0.3) is 0 Å². The molecule has 60 valence electrons. The summed E-state index contributed by atoms with van der Waals surface area (Å²) in [6, 6.07) is 0. The third kappa shape index (κ3) is 4.47. The summed E-state index contributed by atoms with van der Waals surface area (Å²) in [5, 5.41) is 17.8. The van der Waals surface area contributed by atoms with Crippen LogP contribution in [0.15, 0.2) is 0 Å². The van der Waals surface area contributed by atoms with E-state index in [-0.39, 0.29) is 12.2 Å². The Kier molecular flexibility index (Phi) is 2.99. The van der Waals surface area contributed by atoms with Crippen molar-refractivity contribution in [3.05, 3.63) is 0 Å². The van der Waals surface area contributed by atoms with E-state index in [4.69, 9.17) is 10.2 Å². The number of rotatable bonds is 3. The molecule has 0 aromatic carbocycles. The summed E-state index contributed by atoms with van der Waals surface area (Å²) in [5.74, 6) is -0.326. The number of carbonyl (C=O) groups excluding carboxylic acids is 1. The molecule has 0 bridgehead atoms. The lowest BCUT2D eigenvalue weighted by molar-refractivity contribution is -0.130. The molecule has 3 heteroatoms. The zero-order chi connectivity index (χ0) is 8.36. The fourth-order valence-electron chi connectivity index (χ4n) is 0.574. The Labute approximate surface area is 60.7 Å². The topological polar surface area (TPSA) is 57.5 Å². The molecule has 0 aliphatic heterocycles. The Bertz CT molecular complexity index is 121. The summed E-state index contributed by atoms with van der Waals surface area (Å²) in [6.45, 7) is 4.47. The van der Waals surface area contributed by atoms with Gasteiger partial charge in [-0.1, -0.05) is 0 Å². The van der Waals surface area contributed by atoms with E-state index in [1.165, 1.54) is 20.8 Å². The SMILES string of the molecule is CC(O)C(=O)CC(C)(C)O. The molecule has 0 fully saturated rings. The van der Waals surface area contributed by atoms with Crippen LogP contribution in [0.5, 0.6) is 0 Å². The van der Waals surface area contributed by atoms with Crippen molar-refractivity contribution in [2.45, 2.75) is 38.9 Å². The highest BCUT2D eigenvalue weighted by Gasteiger charge is 2.20. The first kappa shape index (κ1) is 9.59. The molecular weight excluding hydrogens is 132 g/mol. The number of Topliss-reactive ketones (excluding diaryl/α,β-unsaturated/α-hetero) is 1. The van der Waals surface area contributed by atoms with E-state index in [2.05, 4.69) is 0 Å². The van der Waals surface area contributed by atoms with Crippen LogP contribution in [0.2, 0.25) is 0 Å². The van der Waals surface area contributed by atoms with Gasteiger partial charge in [0.05, 0.1) is 5.60 Å². The molecule has 0 heterocycles. The van der Waals surface area contributed by atoms with Crippen molar-refractivity contribution >= 4 is 5.78 Å². The van der Waals surface area contributed by atoms with Crippen molar-refractivity contribution in [1.29, 1.82) is 0 Å². The molecule has 0 aromatic rings. The van der Waals surface area contributed by atoms with Crippen molar-refractivity contribution in [3.63, 3.8) is 0 Å². The molecule has 0 rings (SSSR count). The van der Waals surface area contributed by atoms with E-state index in [1.807, 2.05) is 0 Å². The van der Waals surface area contributed by atoms with Gasteiger partial charge < -0.3 is 10.2 Å². The van der Waals surface area contributed by atoms with E-state index in [0.29, 0.717) is 0 Å². The van der Waals surface area contributed by atoms with E-state index in [0.717, 1.165) is 0 Å². The first-order valence-corrected chi connectivity index (χ1v) is 3.26. The molecule has 0 spiro atoms. The maximum Gasteiger partial charge on any atom is 0.163 e. The van der Waals surface area contributed by atoms with Crippen LogP contribution in [0.1, 0.15) is 27.2 Å². The predicted octanol–water partition coefficient (Wildman–Crippen LogP) is 0.0973. The fourth-order valence-corrected chi connectivity index (χ4v) is 0.574. The van der Waals surface area contributed by atoms with Crippen molar-refractivity contribution in [2.24, 2.45) is 0 Å². The second-order valence-corrected chi connectivity index (χ2v) is 3.13. The van der Waals surface area contributed by atoms with Gasteiger partial charge in [-0.05, 0) is 20.8 Å². The van der Waals surface area contributed by atoms with Gasteiger partial charge >= 0.3 is 0 Å². The molecule has 0 radical (unpaired) electrons. The second kappa shape index (κ2) is 3.12. The van der Waals surface area contributed by atoms with E-state index < -0.39 is 11.7 Å². The third-order valence-electron chi connectivity index (χ3n) is 1.07. The van der Waals surface area contributed by atoms with Crippen molar-refractivity contribution in [3.8, 4) is 0 Å². The fraction of sp³-hybridized carbons (Fsp3) is 0.857. The standard InChI is InChI=1S/C7H14O3/c1-5(8)6(9)4-7(2,3)10/h5,8,10H,4H2,1-3H3. The molecule has 3 nitrogen and oxygen atoms in total. The lowest BCUT2D eigenvalue weighted by Crippen LogP contribution is -2.28. The van der Waals surface area contributed by atoms with Gasteiger partial charge in [0.2, 0.25) is 0 Å². The van der Waals surface area contributed by atoms with E-state index in [1.54, 1.807) is 0 Å². The summed E-state index contributed by atoms with van der Waals surface area (Å²) in [6.07, 6.45) is -0.962. The molecule has 1 atom stereocenters. The number of hydrogen-bond acceptors (Lipinski definition) is 3. The number of carbonyl (C=O) groups is 1. The molecule has 0 aliphatic rings. The zero-order valence-electron chi connectivity index (χ0n) is 6.59. The second-order valence-electron chi connectivity index (χ2n) is 3.13. The van der Waals surface area contributed by atoms with Crippen LogP contribution in [0.3, 0.4) is 0 Å². The van der Waals surface area contributed by atoms with Crippen LogP contribution in [0, 0.1) is 0 Å². The summed E-state index contributed by atoms with van der Waals surface area (Å²) < 4.78 is 0. The van der Waals surface area contributed by atoms with Gasteiger partial charge in [0.1, 0.15) is 6.10 Å². The molecule has 10 heavy (non-hydrogen) atoms. The number of ketones is 1. The Morgan fingerprint density at radius 2 is 2.00 bits per heavy atom. The Balaban J connectivity index is 3.81. The van der Waals surface area contributed by atoms with Crippen LogP contribution in [-0.2, 0) is 4.79 Å². The van der Waals surface area contributed by atoms with Crippen molar-refractivity contribution in [1.82, 2.24) is 0 Å². The van der Waals surface area contributed by atoms with Gasteiger partial charge in [-0.2, -0.15) is 0 Å². The van der Waals surface area contributed by atoms with Gasteiger partial charge in [0.25, 0.3) is 0 Å². The van der Waals surface area contributed by atoms with Crippen LogP contribution in [0.4, 0.5) is 0 Å². The molecule has 0 aromatic heterocycles. The lowest BCUT2D eigenvalue weighted by atomic mass is 10.00. The minimum absolute atomic E-state index is 0.00463. The molecule has 1 unspecified atom stereocenters. The quantitative estimate of drug-likeness (QED) is 0.593. The molecule has 0 aliphatic carbocycles. The minimum atomic E-state index is -1.01. The summed E-state index contributed by atoms with van der Waals surface area (Å²) >= 11 is 0. The zero-order valence-corrected chi connectivity index (χ0v) is 6.59. The van der Waals surface area contributed by atoms with Gasteiger partial charge in [0, 0.05) is 6.42 Å². The molecule has 0 saturated heterocycles. The van der Waals surface area contributed by atoms with Crippen molar-refractivity contribution in [2.75, 3.05) is 0 Å². The molecule has 0 saturated carbocycles. The largest absolute Gasteiger partial charge is 0.390 e. The average Bonchev–Trinajstić information content (AvgIpc) is 1.60. The highest BCUT2D eigenvalue weighted by Crippen LogP contribution is 2.08. The summed E-state index contributed by atoms with van der Waals surface area (Å²) in [7, 11) is 0. The molecule has 2 N–H and O–H groups in total. The smallest absolute Gasteiger partial charge is 0.163 e. The normalized spacial score (nSPS) is 14.9. The lowest BCUT2D eigenvalue weighted by Gasteiger charge is -2.16. The highest BCUT2D eigenvalue weighted by molar-refractivity contribution is 5.83. The molecule has 0 amide bonds. The predicted molar refractivity (Wildman–Crippen MR) is 37.6 cm³/mol. The Morgan fingerprint density at radius 1 is 1.60 bits per heavy atom. The Hall–Kier alpha value is -0.410. The van der Waals surface area contributed by atoms with Crippen molar-refractivity contribution < 1.29 is 15.0 Å². The number of aliphatic hydroxyl groups excluding tert-OH is 1. The summed E-state index contributed by atoms with van der Waals surface area (Å²) in [5.41, 5.74) is -1.01. The van der Waals surface area contributed by atoms with Gasteiger partial charge in [-0.15, -0.1) is 0 Å². The first-order chi connectivity index (χ1) is 4.33. The maximum atomic E-state index is 10.7. The van der Waals surface area contributed by atoms with Crippen LogP contribution < -0.4 is 0 Å². The minimum Gasteiger partial charge on any atom is -0.390 e. The van der Waals surface area contributed by atoms with E-state index in [9.17, 15) is 4.79 Å². The highest BCUT2D eigenvalue weighted by atomic mass is 16.3. The number of aliphatic hydroxyl groups is 2. The van der Waals surface area contributed by atoms with Crippen LogP contribution in [-0.4, -0.2) is 27.7 Å². The molecular formula is C7H14O3. The number of hydrogen-bond donors (Lipinski definition) is 2. The van der Waals surface area contributed by atoms with Crippen LogP contribution >= 0.6 is 0 Å². The first-order valence-electron chi connectivity index (χ1n) is 3.26. The third-order valence-corrected chi connectivity index (χ3v) is 1.07. The van der Waals surface area contributed by atoms with Gasteiger partial charge in [-0.3, -0.25) is 4.79 Å². The van der Waals surface area contributed by atoms with Gasteiger partial charge in [0.15, 0.2) is 5.78 Å². The van der Waals surface area contributed by atoms with E-state index >= 15 is 0 Å².